The highest BCUT2D eigenvalue weighted by Gasteiger charge is 2.11. The van der Waals surface area contributed by atoms with Crippen molar-refractivity contribution in [1.29, 1.82) is 0 Å². The smallest absolute Gasteiger partial charge is 0.253 e. The molecule has 0 spiro atoms. The number of nitrogens with one attached hydrogen (secondary N) is 1. The Morgan fingerprint density at radius 3 is 2.78 bits per heavy atom. The molecule has 94 valence electrons. The third kappa shape index (κ3) is 3.35. The van der Waals surface area contributed by atoms with Crippen LogP contribution in [0.1, 0.15) is 15.2 Å². The average Bonchev–Trinajstić information content (AvgIpc) is 2.75. The second-order valence-corrected chi connectivity index (χ2v) is 6.68. The summed E-state index contributed by atoms with van der Waals surface area (Å²) in [7, 11) is 0. The van der Waals surface area contributed by atoms with Crippen LogP contribution in [0.25, 0.3) is 0 Å². The summed E-state index contributed by atoms with van der Waals surface area (Å²) in [6.45, 7) is 0.486. The number of halogens is 3. The highest BCUT2D eigenvalue weighted by atomic mass is 79.9. The van der Waals surface area contributed by atoms with E-state index in [-0.39, 0.29) is 5.91 Å². The van der Waals surface area contributed by atoms with Crippen LogP contribution < -0.4 is 5.32 Å². The van der Waals surface area contributed by atoms with E-state index in [4.69, 9.17) is 11.6 Å². The summed E-state index contributed by atoms with van der Waals surface area (Å²) in [4.78, 5) is 13.1. The fourth-order valence-corrected chi connectivity index (χ4v) is 3.38. The third-order valence-electron chi connectivity index (χ3n) is 2.27. The van der Waals surface area contributed by atoms with Crippen LogP contribution in [0.2, 0.25) is 5.02 Å². The number of thiophene rings is 1. The first kappa shape index (κ1) is 14.1. The summed E-state index contributed by atoms with van der Waals surface area (Å²) in [6.07, 6.45) is 0. The Hall–Kier alpha value is -0.360. The van der Waals surface area contributed by atoms with Crippen molar-refractivity contribution in [2.24, 2.45) is 0 Å². The van der Waals surface area contributed by atoms with E-state index in [0.29, 0.717) is 17.1 Å². The number of hydrogen-bond donors (Lipinski definition) is 1. The van der Waals surface area contributed by atoms with E-state index in [0.717, 1.165) is 13.8 Å². The van der Waals surface area contributed by atoms with Crippen LogP contribution in [0.4, 0.5) is 0 Å². The minimum absolute atomic E-state index is 0.179. The van der Waals surface area contributed by atoms with Gasteiger partial charge in [-0.15, -0.1) is 11.3 Å². The van der Waals surface area contributed by atoms with Crippen LogP contribution in [0.3, 0.4) is 0 Å². The molecule has 0 saturated heterocycles. The second kappa shape index (κ2) is 6.19. The lowest BCUT2D eigenvalue weighted by Crippen LogP contribution is -2.22. The van der Waals surface area contributed by atoms with Crippen molar-refractivity contribution in [1.82, 2.24) is 5.32 Å². The minimum Gasteiger partial charge on any atom is -0.347 e. The second-order valence-electron chi connectivity index (χ2n) is 3.50. The van der Waals surface area contributed by atoms with Crippen LogP contribution in [0, 0.1) is 0 Å². The molecule has 1 aromatic carbocycles. The SMILES string of the molecule is O=C(NCc1sccc1Br)c1cc(Br)ccc1Cl. The van der Waals surface area contributed by atoms with Gasteiger partial charge in [0.25, 0.3) is 5.91 Å². The molecule has 0 aliphatic heterocycles. The lowest BCUT2D eigenvalue weighted by molar-refractivity contribution is 0.0951. The van der Waals surface area contributed by atoms with Crippen LogP contribution in [-0.2, 0) is 6.54 Å². The predicted molar refractivity (Wildman–Crippen MR) is 82.3 cm³/mol. The first-order valence-corrected chi connectivity index (χ1v) is 7.87. The number of benzene rings is 1. The van der Waals surface area contributed by atoms with Gasteiger partial charge < -0.3 is 5.32 Å². The van der Waals surface area contributed by atoms with Crippen LogP contribution in [-0.4, -0.2) is 5.91 Å². The largest absolute Gasteiger partial charge is 0.347 e. The van der Waals surface area contributed by atoms with Gasteiger partial charge in [0, 0.05) is 13.8 Å². The molecule has 0 bridgehead atoms. The zero-order chi connectivity index (χ0) is 13.1. The Morgan fingerprint density at radius 2 is 2.11 bits per heavy atom. The topological polar surface area (TPSA) is 29.1 Å². The molecule has 1 amide bonds. The van der Waals surface area contributed by atoms with E-state index >= 15 is 0 Å². The van der Waals surface area contributed by atoms with Crippen LogP contribution in [0.5, 0.6) is 0 Å². The fourth-order valence-electron chi connectivity index (χ4n) is 1.38. The quantitative estimate of drug-likeness (QED) is 0.771. The molecule has 1 heterocycles. The summed E-state index contributed by atoms with van der Waals surface area (Å²) in [6, 6.07) is 7.16. The molecule has 0 aliphatic rings. The fraction of sp³-hybridized carbons (Fsp3) is 0.0833. The standard InChI is InChI=1S/C12H8Br2ClNOS/c13-7-1-2-10(15)8(5-7)12(17)16-6-11-9(14)3-4-18-11/h1-5H,6H2,(H,16,17). The molecule has 2 rings (SSSR count). The Kier molecular flexibility index (Phi) is 4.84. The molecule has 0 radical (unpaired) electrons. The van der Waals surface area contributed by atoms with Gasteiger partial charge in [0.05, 0.1) is 17.1 Å². The molecule has 2 aromatic rings. The molecule has 0 atom stereocenters. The Labute approximate surface area is 131 Å². The first-order valence-electron chi connectivity index (χ1n) is 5.03. The van der Waals surface area contributed by atoms with E-state index in [1.54, 1.807) is 29.5 Å². The minimum atomic E-state index is -0.179. The van der Waals surface area contributed by atoms with Crippen LogP contribution >= 0.6 is 54.8 Å². The van der Waals surface area contributed by atoms with E-state index in [2.05, 4.69) is 37.2 Å². The Balaban J connectivity index is 2.08. The number of amides is 1. The molecule has 0 aliphatic carbocycles. The predicted octanol–water partition coefficient (Wildman–Crippen LogP) is 4.86. The van der Waals surface area contributed by atoms with Crippen molar-refractivity contribution in [3.8, 4) is 0 Å². The summed E-state index contributed by atoms with van der Waals surface area (Å²) in [5.74, 6) is -0.179. The van der Waals surface area contributed by atoms with Gasteiger partial charge >= 0.3 is 0 Å². The van der Waals surface area contributed by atoms with E-state index < -0.39 is 0 Å². The molecule has 0 saturated carbocycles. The molecule has 18 heavy (non-hydrogen) atoms. The highest BCUT2D eigenvalue weighted by Crippen LogP contribution is 2.23. The normalized spacial score (nSPS) is 10.4. The molecule has 2 nitrogen and oxygen atoms in total. The van der Waals surface area contributed by atoms with Crippen molar-refractivity contribution in [3.63, 3.8) is 0 Å². The summed E-state index contributed by atoms with van der Waals surface area (Å²) >= 11 is 14.3. The van der Waals surface area contributed by atoms with Crippen molar-refractivity contribution >= 4 is 60.7 Å². The van der Waals surface area contributed by atoms with Crippen molar-refractivity contribution < 1.29 is 4.79 Å². The van der Waals surface area contributed by atoms with Crippen LogP contribution in [0.15, 0.2) is 38.6 Å². The van der Waals surface area contributed by atoms with Gasteiger partial charge in [-0.2, -0.15) is 0 Å². The van der Waals surface area contributed by atoms with Gasteiger partial charge in [0.1, 0.15) is 0 Å². The molecule has 1 N–H and O–H groups in total. The maximum Gasteiger partial charge on any atom is 0.253 e. The summed E-state index contributed by atoms with van der Waals surface area (Å²) in [5, 5.41) is 5.26. The maximum absolute atomic E-state index is 12.0. The molecule has 0 fully saturated rings. The van der Waals surface area contributed by atoms with Gasteiger partial charge in [-0.1, -0.05) is 27.5 Å². The van der Waals surface area contributed by atoms with E-state index in [9.17, 15) is 4.79 Å². The maximum atomic E-state index is 12.0. The first-order chi connectivity index (χ1) is 8.58. The monoisotopic (exact) mass is 407 g/mol. The Bertz CT molecular complexity index is 585. The number of hydrogen-bond acceptors (Lipinski definition) is 2. The van der Waals surface area contributed by atoms with Crippen molar-refractivity contribution in [2.45, 2.75) is 6.54 Å². The van der Waals surface area contributed by atoms with Gasteiger partial charge in [0.2, 0.25) is 0 Å². The van der Waals surface area contributed by atoms with Gasteiger partial charge in [0.15, 0.2) is 0 Å². The lowest BCUT2D eigenvalue weighted by Gasteiger charge is -2.06. The molecule has 0 unspecified atom stereocenters. The molecule has 6 heteroatoms. The molecular weight excluding hydrogens is 401 g/mol. The third-order valence-corrected chi connectivity index (χ3v) is 5.02. The Morgan fingerprint density at radius 1 is 1.33 bits per heavy atom. The zero-order valence-electron chi connectivity index (χ0n) is 9.04. The van der Waals surface area contributed by atoms with Crippen molar-refractivity contribution in [3.05, 3.63) is 54.1 Å². The summed E-state index contributed by atoms with van der Waals surface area (Å²) < 4.78 is 1.84. The highest BCUT2D eigenvalue weighted by molar-refractivity contribution is 9.10. The number of rotatable bonds is 3. The van der Waals surface area contributed by atoms with Crippen molar-refractivity contribution in [2.75, 3.05) is 0 Å². The van der Waals surface area contributed by atoms with Gasteiger partial charge in [-0.25, -0.2) is 0 Å². The van der Waals surface area contributed by atoms with E-state index in [1.807, 2.05) is 11.4 Å². The average molecular weight is 410 g/mol. The molecule has 1 aromatic heterocycles. The van der Waals surface area contributed by atoms with E-state index in [1.165, 1.54) is 0 Å². The van der Waals surface area contributed by atoms with Gasteiger partial charge in [-0.05, 0) is 45.6 Å². The molecular formula is C12H8Br2ClNOS. The zero-order valence-corrected chi connectivity index (χ0v) is 13.8. The lowest BCUT2D eigenvalue weighted by atomic mass is 10.2. The number of carbonyl (C=O) groups excluding carboxylic acids is 1. The number of carbonyl (C=O) groups is 1. The van der Waals surface area contributed by atoms with Gasteiger partial charge in [-0.3, -0.25) is 4.79 Å². The summed E-state index contributed by atoms with van der Waals surface area (Å²) in [5.41, 5.74) is 0.471.